The minimum Gasteiger partial charge on any atom is -0.456 e. The molecule has 6 aromatic carbocycles. The molecule has 5 nitrogen and oxygen atoms in total. The molecule has 0 saturated heterocycles. The summed E-state index contributed by atoms with van der Waals surface area (Å²) >= 11 is 0. The standard InChI is InChI=1S/C47H31N3O2/c1-3-12-30-26-32(24-22-28(30)10-1)34-15-7-17-37-42-38(18-9-21-41(42)52-43(34)37)46-48-45(33-25-23-29-11-2-4-13-31(29)27-33)49-47(50-46)39-19-8-16-36-35-14-5-6-20-40(35)51-44(36)39/h1-7,9-15,17-26,33H,8,16,27H2. The van der Waals surface area contributed by atoms with Gasteiger partial charge in [0.15, 0.2) is 11.6 Å². The molecular weight excluding hydrogens is 639 g/mol. The van der Waals surface area contributed by atoms with Gasteiger partial charge >= 0.3 is 0 Å². The second-order valence-electron chi connectivity index (χ2n) is 13.8. The number of aryl methyl sites for hydroxylation is 1. The number of nitrogens with zero attached hydrogens (tertiary/aromatic N) is 3. The van der Waals surface area contributed by atoms with Gasteiger partial charge in [0, 0.05) is 38.8 Å². The van der Waals surface area contributed by atoms with Crippen molar-refractivity contribution in [3.8, 4) is 22.5 Å². The lowest BCUT2D eigenvalue weighted by Gasteiger charge is -2.20. The van der Waals surface area contributed by atoms with Crippen molar-refractivity contribution in [2.45, 2.75) is 25.2 Å². The van der Waals surface area contributed by atoms with Crippen molar-refractivity contribution in [3.05, 3.63) is 174 Å². The zero-order valence-electron chi connectivity index (χ0n) is 28.2. The van der Waals surface area contributed by atoms with E-state index in [1.165, 1.54) is 27.5 Å². The number of fused-ring (bicyclic) bond motifs is 8. The van der Waals surface area contributed by atoms with Gasteiger partial charge in [-0.15, -0.1) is 0 Å². The van der Waals surface area contributed by atoms with Gasteiger partial charge in [-0.3, -0.25) is 0 Å². The number of para-hydroxylation sites is 2. The van der Waals surface area contributed by atoms with E-state index >= 15 is 0 Å². The first kappa shape index (κ1) is 29.2. The van der Waals surface area contributed by atoms with Crippen LogP contribution < -0.4 is 0 Å². The summed E-state index contributed by atoms with van der Waals surface area (Å²) in [6.07, 6.45) is 9.28. The number of hydrogen-bond donors (Lipinski definition) is 0. The summed E-state index contributed by atoms with van der Waals surface area (Å²) in [5.41, 5.74) is 10.3. The molecule has 1 atom stereocenters. The van der Waals surface area contributed by atoms with E-state index in [0.29, 0.717) is 11.6 Å². The summed E-state index contributed by atoms with van der Waals surface area (Å²) in [7, 11) is 0. The van der Waals surface area contributed by atoms with Crippen LogP contribution in [0.4, 0.5) is 0 Å². The van der Waals surface area contributed by atoms with E-state index in [9.17, 15) is 0 Å². The number of hydrogen-bond acceptors (Lipinski definition) is 5. The number of aromatic nitrogens is 3. The van der Waals surface area contributed by atoms with Crippen LogP contribution in [0.25, 0.3) is 77.8 Å². The average Bonchev–Trinajstić information content (AvgIpc) is 3.79. The minimum atomic E-state index is -0.00506. The van der Waals surface area contributed by atoms with Gasteiger partial charge in [0.25, 0.3) is 0 Å². The summed E-state index contributed by atoms with van der Waals surface area (Å²) in [5.74, 6) is 2.85. The molecule has 0 fully saturated rings. The fraction of sp³-hybridized carbons (Fsp3) is 0.0851. The molecular formula is C47H31N3O2. The summed E-state index contributed by atoms with van der Waals surface area (Å²) in [5, 5.41) is 5.59. The predicted molar refractivity (Wildman–Crippen MR) is 209 cm³/mol. The van der Waals surface area contributed by atoms with Gasteiger partial charge in [-0.05, 0) is 64.9 Å². The monoisotopic (exact) mass is 669 g/mol. The maximum absolute atomic E-state index is 6.72. The Labute approximate surface area is 299 Å². The molecule has 246 valence electrons. The first-order chi connectivity index (χ1) is 25.7. The van der Waals surface area contributed by atoms with Crippen LogP contribution in [0.5, 0.6) is 0 Å². The number of benzene rings is 6. The molecule has 0 amide bonds. The van der Waals surface area contributed by atoms with Crippen molar-refractivity contribution in [2.24, 2.45) is 0 Å². The first-order valence-corrected chi connectivity index (χ1v) is 17.9. The SMILES string of the molecule is C1=CC(c2nc(C3=CCCc4c3oc3ccccc43)nc(-c3cccc4oc5c(-c6ccc7ccccc7c6)cccc5c34)n2)Cc2ccccc21. The highest BCUT2D eigenvalue weighted by Gasteiger charge is 2.27. The molecule has 3 heterocycles. The van der Waals surface area contributed by atoms with Crippen molar-refractivity contribution in [1.29, 1.82) is 0 Å². The fourth-order valence-corrected chi connectivity index (χ4v) is 8.21. The highest BCUT2D eigenvalue weighted by molar-refractivity contribution is 6.15. The maximum Gasteiger partial charge on any atom is 0.167 e. The zero-order chi connectivity index (χ0) is 34.2. The van der Waals surface area contributed by atoms with Gasteiger partial charge in [0.2, 0.25) is 0 Å². The molecule has 2 aliphatic rings. The molecule has 5 heteroatoms. The Hall–Kier alpha value is -6.59. The third kappa shape index (κ3) is 4.59. The first-order valence-electron chi connectivity index (χ1n) is 17.9. The van der Waals surface area contributed by atoms with E-state index in [0.717, 1.165) is 86.0 Å². The number of rotatable bonds is 4. The van der Waals surface area contributed by atoms with Crippen molar-refractivity contribution in [2.75, 3.05) is 0 Å². The molecule has 0 aliphatic heterocycles. The molecule has 0 spiro atoms. The number of allylic oxidation sites excluding steroid dienone is 2. The topological polar surface area (TPSA) is 65.0 Å². The molecule has 0 radical (unpaired) electrons. The largest absolute Gasteiger partial charge is 0.456 e. The third-order valence-electron chi connectivity index (χ3n) is 10.7. The maximum atomic E-state index is 6.72. The third-order valence-corrected chi connectivity index (χ3v) is 10.7. The van der Waals surface area contributed by atoms with Gasteiger partial charge in [-0.1, -0.05) is 127 Å². The second kappa shape index (κ2) is 11.5. The summed E-state index contributed by atoms with van der Waals surface area (Å²) < 4.78 is 13.3. The van der Waals surface area contributed by atoms with E-state index in [1.54, 1.807) is 0 Å². The second-order valence-corrected chi connectivity index (χ2v) is 13.8. The van der Waals surface area contributed by atoms with Crippen molar-refractivity contribution >= 4 is 55.3 Å². The van der Waals surface area contributed by atoms with Crippen LogP contribution >= 0.6 is 0 Å². The van der Waals surface area contributed by atoms with Crippen LogP contribution in [-0.4, -0.2) is 15.0 Å². The normalized spacial score (nSPS) is 15.3. The number of furan rings is 2. The van der Waals surface area contributed by atoms with Gasteiger partial charge in [0.05, 0.1) is 5.57 Å². The van der Waals surface area contributed by atoms with E-state index in [-0.39, 0.29) is 5.92 Å². The van der Waals surface area contributed by atoms with Crippen molar-refractivity contribution < 1.29 is 8.83 Å². The van der Waals surface area contributed by atoms with Crippen molar-refractivity contribution in [1.82, 2.24) is 15.0 Å². The lowest BCUT2D eigenvalue weighted by atomic mass is 9.89. The Balaban J connectivity index is 1.11. The van der Waals surface area contributed by atoms with Gasteiger partial charge < -0.3 is 8.83 Å². The van der Waals surface area contributed by atoms with Crippen LogP contribution in [0.15, 0.2) is 148 Å². The summed E-state index contributed by atoms with van der Waals surface area (Å²) in [4.78, 5) is 15.8. The molecule has 3 aromatic heterocycles. The molecule has 52 heavy (non-hydrogen) atoms. The Morgan fingerprint density at radius 3 is 2.38 bits per heavy atom. The van der Waals surface area contributed by atoms with Gasteiger partial charge in [-0.25, -0.2) is 15.0 Å². The molecule has 2 aliphatic carbocycles. The van der Waals surface area contributed by atoms with E-state index < -0.39 is 0 Å². The van der Waals surface area contributed by atoms with Crippen LogP contribution in [0.2, 0.25) is 0 Å². The van der Waals surface area contributed by atoms with Crippen LogP contribution in [0.3, 0.4) is 0 Å². The van der Waals surface area contributed by atoms with Crippen LogP contribution in [-0.2, 0) is 12.8 Å². The highest BCUT2D eigenvalue weighted by atomic mass is 16.3. The smallest absolute Gasteiger partial charge is 0.167 e. The Morgan fingerprint density at radius 2 is 1.40 bits per heavy atom. The molecule has 0 bridgehead atoms. The van der Waals surface area contributed by atoms with Gasteiger partial charge in [-0.2, -0.15) is 0 Å². The lowest BCUT2D eigenvalue weighted by Crippen LogP contribution is -2.14. The van der Waals surface area contributed by atoms with Gasteiger partial charge in [0.1, 0.15) is 28.3 Å². The molecule has 0 saturated carbocycles. The van der Waals surface area contributed by atoms with Crippen molar-refractivity contribution in [3.63, 3.8) is 0 Å². The van der Waals surface area contributed by atoms with Crippen LogP contribution in [0.1, 0.15) is 46.4 Å². The van der Waals surface area contributed by atoms with E-state index in [4.69, 9.17) is 23.8 Å². The Bertz CT molecular complexity index is 2960. The quantitative estimate of drug-likeness (QED) is 0.187. The molecule has 1 unspecified atom stereocenters. The lowest BCUT2D eigenvalue weighted by molar-refractivity contribution is 0.589. The summed E-state index contributed by atoms with van der Waals surface area (Å²) in [6, 6.07) is 44.5. The predicted octanol–water partition coefficient (Wildman–Crippen LogP) is 11.7. The summed E-state index contributed by atoms with van der Waals surface area (Å²) in [6.45, 7) is 0. The van der Waals surface area contributed by atoms with Crippen LogP contribution in [0, 0.1) is 0 Å². The van der Waals surface area contributed by atoms with E-state index in [2.05, 4.69) is 121 Å². The van der Waals surface area contributed by atoms with E-state index in [1.807, 2.05) is 24.3 Å². The zero-order valence-corrected chi connectivity index (χ0v) is 28.2. The Morgan fingerprint density at radius 1 is 0.615 bits per heavy atom. The highest BCUT2D eigenvalue weighted by Crippen LogP contribution is 2.42. The fourth-order valence-electron chi connectivity index (χ4n) is 8.21. The Kier molecular flexibility index (Phi) is 6.44. The molecule has 11 rings (SSSR count). The molecule has 9 aromatic rings. The average molecular weight is 670 g/mol. The minimum absolute atomic E-state index is 0.00506. The molecule has 0 N–H and O–H groups in total.